The van der Waals surface area contributed by atoms with E-state index >= 15 is 0 Å². The van der Waals surface area contributed by atoms with Crippen LogP contribution in [0.5, 0.6) is 0 Å². The van der Waals surface area contributed by atoms with E-state index in [0.29, 0.717) is 0 Å². The summed E-state index contributed by atoms with van der Waals surface area (Å²) in [5.74, 6) is 0. The first-order valence-corrected chi connectivity index (χ1v) is 7.03. The average Bonchev–Trinajstić information content (AvgIpc) is 3.16. The van der Waals surface area contributed by atoms with Crippen LogP contribution >= 0.6 is 0 Å². The molecule has 0 fully saturated rings. The maximum atomic E-state index is 4.32. The van der Waals surface area contributed by atoms with Gasteiger partial charge in [-0.05, 0) is 35.4 Å². The molecule has 0 aliphatic carbocycles. The SMILES string of the molecule is c1ccc(-c2cccn2Cc2ccc3[nH]cnc3c2)cc1. The first-order chi connectivity index (χ1) is 10.4. The third-order valence-corrected chi connectivity index (χ3v) is 3.74. The molecule has 0 amide bonds. The molecule has 0 aliphatic rings. The summed E-state index contributed by atoms with van der Waals surface area (Å²) in [7, 11) is 0. The third-order valence-electron chi connectivity index (χ3n) is 3.74. The number of fused-ring (bicyclic) bond motifs is 1. The fourth-order valence-corrected chi connectivity index (χ4v) is 2.70. The number of hydrogen-bond donors (Lipinski definition) is 1. The van der Waals surface area contributed by atoms with Crippen LogP contribution in [-0.4, -0.2) is 14.5 Å². The predicted molar refractivity (Wildman–Crippen MR) is 85.1 cm³/mol. The van der Waals surface area contributed by atoms with Gasteiger partial charge in [0.1, 0.15) is 0 Å². The van der Waals surface area contributed by atoms with E-state index in [0.717, 1.165) is 17.6 Å². The highest BCUT2D eigenvalue weighted by molar-refractivity contribution is 5.75. The molecule has 0 spiro atoms. The second-order valence-corrected chi connectivity index (χ2v) is 5.14. The second-order valence-electron chi connectivity index (χ2n) is 5.14. The molecule has 0 bridgehead atoms. The maximum absolute atomic E-state index is 4.32. The molecular formula is C18H15N3. The normalized spacial score (nSPS) is 11.0. The van der Waals surface area contributed by atoms with Crippen LogP contribution in [0.25, 0.3) is 22.3 Å². The van der Waals surface area contributed by atoms with Gasteiger partial charge in [-0.25, -0.2) is 4.98 Å². The fourth-order valence-electron chi connectivity index (χ4n) is 2.70. The zero-order chi connectivity index (χ0) is 14.1. The van der Waals surface area contributed by atoms with Crippen LogP contribution in [0, 0.1) is 0 Å². The van der Waals surface area contributed by atoms with Crippen molar-refractivity contribution in [3.05, 3.63) is 78.8 Å². The Labute approximate surface area is 122 Å². The number of aromatic amines is 1. The van der Waals surface area contributed by atoms with E-state index in [1.165, 1.54) is 16.8 Å². The first-order valence-electron chi connectivity index (χ1n) is 7.03. The molecule has 0 unspecified atom stereocenters. The van der Waals surface area contributed by atoms with Crippen LogP contribution in [0.2, 0.25) is 0 Å². The summed E-state index contributed by atoms with van der Waals surface area (Å²) in [5.41, 5.74) is 5.82. The number of rotatable bonds is 3. The summed E-state index contributed by atoms with van der Waals surface area (Å²) >= 11 is 0. The molecule has 3 nitrogen and oxygen atoms in total. The van der Waals surface area contributed by atoms with Gasteiger partial charge in [0.05, 0.1) is 17.4 Å². The van der Waals surface area contributed by atoms with Crippen LogP contribution in [0.3, 0.4) is 0 Å². The highest BCUT2D eigenvalue weighted by Crippen LogP contribution is 2.21. The Morgan fingerprint density at radius 1 is 0.952 bits per heavy atom. The second kappa shape index (κ2) is 4.94. The number of hydrogen-bond acceptors (Lipinski definition) is 1. The van der Waals surface area contributed by atoms with Crippen LogP contribution in [0.4, 0.5) is 0 Å². The number of imidazole rings is 1. The molecule has 3 heteroatoms. The summed E-state index contributed by atoms with van der Waals surface area (Å²) in [6.45, 7) is 0.847. The van der Waals surface area contributed by atoms with E-state index in [1.54, 1.807) is 6.33 Å². The number of H-pyrrole nitrogens is 1. The van der Waals surface area contributed by atoms with Gasteiger partial charge >= 0.3 is 0 Å². The topological polar surface area (TPSA) is 33.6 Å². The van der Waals surface area contributed by atoms with Crippen molar-refractivity contribution < 1.29 is 0 Å². The van der Waals surface area contributed by atoms with Crippen molar-refractivity contribution in [1.82, 2.24) is 14.5 Å². The van der Waals surface area contributed by atoms with E-state index in [2.05, 4.69) is 75.3 Å². The number of benzene rings is 2. The van der Waals surface area contributed by atoms with Gasteiger partial charge in [-0.1, -0.05) is 36.4 Å². The largest absolute Gasteiger partial charge is 0.345 e. The Morgan fingerprint density at radius 2 is 1.86 bits per heavy atom. The quantitative estimate of drug-likeness (QED) is 0.599. The summed E-state index contributed by atoms with van der Waals surface area (Å²) in [6, 6.07) is 21.1. The minimum Gasteiger partial charge on any atom is -0.345 e. The molecule has 0 saturated heterocycles. The minimum atomic E-state index is 0.847. The summed E-state index contributed by atoms with van der Waals surface area (Å²) < 4.78 is 2.27. The van der Waals surface area contributed by atoms with E-state index in [1.807, 2.05) is 6.07 Å². The minimum absolute atomic E-state index is 0.847. The van der Waals surface area contributed by atoms with Crippen LogP contribution < -0.4 is 0 Å². The van der Waals surface area contributed by atoms with E-state index in [9.17, 15) is 0 Å². The lowest BCUT2D eigenvalue weighted by molar-refractivity contribution is 0.815. The van der Waals surface area contributed by atoms with Crippen molar-refractivity contribution in [2.24, 2.45) is 0 Å². The highest BCUT2D eigenvalue weighted by Gasteiger charge is 2.05. The molecule has 1 N–H and O–H groups in total. The molecule has 102 valence electrons. The Morgan fingerprint density at radius 3 is 2.76 bits per heavy atom. The lowest BCUT2D eigenvalue weighted by Gasteiger charge is -2.09. The van der Waals surface area contributed by atoms with Crippen molar-refractivity contribution >= 4 is 11.0 Å². The number of nitrogens with zero attached hydrogens (tertiary/aromatic N) is 2. The maximum Gasteiger partial charge on any atom is 0.0931 e. The van der Waals surface area contributed by atoms with E-state index < -0.39 is 0 Å². The van der Waals surface area contributed by atoms with Crippen molar-refractivity contribution in [3.8, 4) is 11.3 Å². The van der Waals surface area contributed by atoms with Gasteiger partial charge in [-0.2, -0.15) is 0 Å². The molecule has 2 aromatic heterocycles. The van der Waals surface area contributed by atoms with Gasteiger partial charge < -0.3 is 9.55 Å². The number of nitrogens with one attached hydrogen (secondary N) is 1. The molecule has 21 heavy (non-hydrogen) atoms. The van der Waals surface area contributed by atoms with Crippen LogP contribution in [0.1, 0.15) is 5.56 Å². The van der Waals surface area contributed by atoms with Gasteiger partial charge in [0.15, 0.2) is 0 Å². The molecular weight excluding hydrogens is 258 g/mol. The predicted octanol–water partition coefficient (Wildman–Crippen LogP) is 4.08. The summed E-state index contributed by atoms with van der Waals surface area (Å²) in [6.07, 6.45) is 3.86. The molecule has 2 aromatic carbocycles. The standard InChI is InChI=1S/C18H15N3/c1-2-5-15(6-3-1)18-7-4-10-21(18)12-14-8-9-16-17(11-14)20-13-19-16/h1-11,13H,12H2,(H,19,20). The molecule has 0 radical (unpaired) electrons. The van der Waals surface area contributed by atoms with E-state index in [-0.39, 0.29) is 0 Å². The smallest absolute Gasteiger partial charge is 0.0931 e. The molecule has 4 aromatic rings. The molecule has 0 aliphatic heterocycles. The Hall–Kier alpha value is -2.81. The third kappa shape index (κ3) is 2.23. The zero-order valence-electron chi connectivity index (χ0n) is 11.5. The Bertz CT molecular complexity index is 872. The van der Waals surface area contributed by atoms with Crippen molar-refractivity contribution in [3.63, 3.8) is 0 Å². The molecule has 0 saturated carbocycles. The fraction of sp³-hybridized carbons (Fsp3) is 0.0556. The van der Waals surface area contributed by atoms with Crippen molar-refractivity contribution in [2.75, 3.05) is 0 Å². The van der Waals surface area contributed by atoms with Gasteiger partial charge in [-0.3, -0.25) is 0 Å². The van der Waals surface area contributed by atoms with Crippen LogP contribution in [-0.2, 0) is 6.54 Å². The van der Waals surface area contributed by atoms with Crippen molar-refractivity contribution in [1.29, 1.82) is 0 Å². The van der Waals surface area contributed by atoms with Gasteiger partial charge in [0, 0.05) is 18.4 Å². The van der Waals surface area contributed by atoms with Crippen LogP contribution in [0.15, 0.2) is 73.2 Å². The number of aromatic nitrogens is 3. The van der Waals surface area contributed by atoms with E-state index in [4.69, 9.17) is 0 Å². The van der Waals surface area contributed by atoms with Gasteiger partial charge in [0.2, 0.25) is 0 Å². The highest BCUT2D eigenvalue weighted by atomic mass is 15.0. The Balaban J connectivity index is 1.70. The molecule has 2 heterocycles. The lowest BCUT2D eigenvalue weighted by Crippen LogP contribution is -2.00. The van der Waals surface area contributed by atoms with Crippen molar-refractivity contribution in [2.45, 2.75) is 6.54 Å². The first kappa shape index (κ1) is 12.0. The lowest BCUT2D eigenvalue weighted by atomic mass is 10.1. The monoisotopic (exact) mass is 273 g/mol. The average molecular weight is 273 g/mol. The summed E-state index contributed by atoms with van der Waals surface area (Å²) in [5, 5.41) is 0. The summed E-state index contributed by atoms with van der Waals surface area (Å²) in [4.78, 5) is 7.45. The van der Waals surface area contributed by atoms with Gasteiger partial charge in [-0.15, -0.1) is 0 Å². The molecule has 4 rings (SSSR count). The molecule has 0 atom stereocenters. The van der Waals surface area contributed by atoms with Gasteiger partial charge in [0.25, 0.3) is 0 Å². The zero-order valence-corrected chi connectivity index (χ0v) is 11.5. The Kier molecular flexibility index (Phi) is 2.82.